The Bertz CT molecular complexity index is 1250. The molecule has 0 atom stereocenters. The van der Waals surface area contributed by atoms with Crippen LogP contribution < -0.4 is 19.9 Å². The number of fused-ring (bicyclic) bond motifs is 1. The summed E-state index contributed by atoms with van der Waals surface area (Å²) < 4.78 is 33.5. The van der Waals surface area contributed by atoms with Crippen LogP contribution in [0, 0.1) is 5.92 Å². The summed E-state index contributed by atoms with van der Waals surface area (Å²) in [5.74, 6) is 0.681. The number of amides is 1. The Morgan fingerprint density at radius 3 is 2.50 bits per heavy atom. The molecule has 3 aliphatic rings. The SMILES string of the molecule is O=C(C1CC1)N1CCN(c2ccnn3cc(-c4ccc(N5CCNCC5)cc4OC(F)F)cc23)CC1. The van der Waals surface area contributed by atoms with E-state index in [0.29, 0.717) is 18.7 Å². The summed E-state index contributed by atoms with van der Waals surface area (Å²) in [7, 11) is 0. The molecule has 1 saturated carbocycles. The van der Waals surface area contributed by atoms with E-state index >= 15 is 0 Å². The number of anilines is 2. The number of rotatable bonds is 6. The van der Waals surface area contributed by atoms with Gasteiger partial charge in [-0.05, 0) is 37.1 Å². The zero-order valence-electron chi connectivity index (χ0n) is 20.1. The monoisotopic (exact) mass is 496 g/mol. The highest BCUT2D eigenvalue weighted by Gasteiger charge is 2.34. The third kappa shape index (κ3) is 4.57. The maximum Gasteiger partial charge on any atom is 0.387 e. The van der Waals surface area contributed by atoms with E-state index in [-0.39, 0.29) is 17.6 Å². The number of halogens is 2. The molecule has 0 radical (unpaired) electrons. The van der Waals surface area contributed by atoms with Gasteiger partial charge in [0.15, 0.2) is 0 Å². The van der Waals surface area contributed by atoms with Crippen LogP contribution >= 0.6 is 0 Å². The molecular weight excluding hydrogens is 466 g/mol. The largest absolute Gasteiger partial charge is 0.434 e. The Morgan fingerprint density at radius 1 is 1.00 bits per heavy atom. The molecule has 2 aromatic heterocycles. The topological polar surface area (TPSA) is 65.4 Å². The molecule has 4 heterocycles. The van der Waals surface area contributed by atoms with Gasteiger partial charge < -0.3 is 24.8 Å². The van der Waals surface area contributed by atoms with Crippen molar-refractivity contribution in [3.8, 4) is 16.9 Å². The molecule has 0 bridgehead atoms. The van der Waals surface area contributed by atoms with Gasteiger partial charge in [-0.3, -0.25) is 4.79 Å². The number of benzene rings is 1. The minimum atomic E-state index is -2.91. The molecule has 1 aliphatic carbocycles. The molecule has 3 fully saturated rings. The van der Waals surface area contributed by atoms with Gasteiger partial charge in [0.1, 0.15) is 5.75 Å². The number of carbonyl (C=O) groups excluding carboxylic acids is 1. The van der Waals surface area contributed by atoms with Crippen molar-refractivity contribution in [3.63, 3.8) is 0 Å². The molecule has 0 spiro atoms. The van der Waals surface area contributed by atoms with E-state index < -0.39 is 6.61 Å². The summed E-state index contributed by atoms with van der Waals surface area (Å²) in [5, 5.41) is 7.77. The minimum Gasteiger partial charge on any atom is -0.434 e. The third-order valence-electron chi connectivity index (χ3n) is 7.32. The van der Waals surface area contributed by atoms with Crippen molar-refractivity contribution in [1.29, 1.82) is 0 Å². The summed E-state index contributed by atoms with van der Waals surface area (Å²) in [6.07, 6.45) is 5.64. The van der Waals surface area contributed by atoms with Crippen LogP contribution in [0.25, 0.3) is 16.6 Å². The summed E-state index contributed by atoms with van der Waals surface area (Å²) in [5.41, 5.74) is 4.15. The fraction of sp³-hybridized carbons (Fsp3) is 0.462. The van der Waals surface area contributed by atoms with Crippen LogP contribution in [-0.4, -0.2) is 79.4 Å². The van der Waals surface area contributed by atoms with Crippen molar-refractivity contribution in [2.75, 3.05) is 62.2 Å². The Morgan fingerprint density at radius 2 is 1.78 bits per heavy atom. The molecule has 8 nitrogen and oxygen atoms in total. The predicted octanol–water partition coefficient (Wildman–Crippen LogP) is 3.07. The Labute approximate surface area is 208 Å². The number of nitrogens with zero attached hydrogens (tertiary/aromatic N) is 5. The molecule has 10 heteroatoms. The molecule has 1 aromatic carbocycles. The molecule has 1 N–H and O–H groups in total. The third-order valence-corrected chi connectivity index (χ3v) is 7.32. The summed E-state index contributed by atoms with van der Waals surface area (Å²) in [6.45, 7) is 3.34. The number of aromatic nitrogens is 2. The highest BCUT2D eigenvalue weighted by atomic mass is 19.3. The van der Waals surface area contributed by atoms with E-state index in [1.165, 1.54) is 0 Å². The zero-order chi connectivity index (χ0) is 24.6. The lowest BCUT2D eigenvalue weighted by molar-refractivity contribution is -0.132. The van der Waals surface area contributed by atoms with E-state index in [1.54, 1.807) is 16.8 Å². The second-order valence-electron chi connectivity index (χ2n) is 9.66. The van der Waals surface area contributed by atoms with Crippen molar-refractivity contribution < 1.29 is 18.3 Å². The van der Waals surface area contributed by atoms with Crippen molar-refractivity contribution in [1.82, 2.24) is 19.8 Å². The molecule has 1 amide bonds. The van der Waals surface area contributed by atoms with Gasteiger partial charge in [-0.15, -0.1) is 0 Å². The number of alkyl halides is 2. The lowest BCUT2D eigenvalue weighted by Crippen LogP contribution is -2.49. The summed E-state index contributed by atoms with van der Waals surface area (Å²) >= 11 is 0. The average molecular weight is 497 g/mol. The van der Waals surface area contributed by atoms with Gasteiger partial charge >= 0.3 is 6.61 Å². The smallest absolute Gasteiger partial charge is 0.387 e. The van der Waals surface area contributed by atoms with Crippen molar-refractivity contribution in [2.24, 2.45) is 5.92 Å². The minimum absolute atomic E-state index is 0.158. The molecule has 0 unspecified atom stereocenters. The Hall–Kier alpha value is -3.40. The first-order valence-corrected chi connectivity index (χ1v) is 12.6. The van der Waals surface area contributed by atoms with Gasteiger partial charge in [0.2, 0.25) is 5.91 Å². The van der Waals surface area contributed by atoms with Gasteiger partial charge in [-0.2, -0.15) is 13.9 Å². The first kappa shape index (κ1) is 23.0. The molecule has 2 aliphatic heterocycles. The highest BCUT2D eigenvalue weighted by molar-refractivity contribution is 5.84. The van der Waals surface area contributed by atoms with Crippen molar-refractivity contribution in [3.05, 3.63) is 42.7 Å². The number of piperazine rings is 2. The van der Waals surface area contributed by atoms with Gasteiger partial charge in [-0.25, -0.2) is 4.52 Å². The molecule has 6 rings (SSSR count). The van der Waals surface area contributed by atoms with Crippen LogP contribution in [0.15, 0.2) is 42.7 Å². The quantitative estimate of drug-likeness (QED) is 0.566. The zero-order valence-corrected chi connectivity index (χ0v) is 20.1. The van der Waals surface area contributed by atoms with Crippen LogP contribution in [0.3, 0.4) is 0 Å². The van der Waals surface area contributed by atoms with Crippen LogP contribution in [0.2, 0.25) is 0 Å². The van der Waals surface area contributed by atoms with E-state index in [1.807, 2.05) is 35.4 Å². The van der Waals surface area contributed by atoms with Crippen LogP contribution in [0.4, 0.5) is 20.2 Å². The standard InChI is InChI=1S/C26H30F2N6O2/c27-26(28)36-24-16-20(31-9-7-29-8-10-31)3-4-21(24)19-15-23-22(5-6-30-34(23)17-19)32-11-13-33(14-12-32)25(35)18-1-2-18/h3-6,15-18,26,29H,1-2,7-14H2. The fourth-order valence-electron chi connectivity index (χ4n) is 5.23. The first-order valence-electron chi connectivity index (χ1n) is 12.6. The van der Waals surface area contributed by atoms with Gasteiger partial charge in [0.05, 0.1) is 11.2 Å². The number of hydrogen-bond donors (Lipinski definition) is 1. The molecule has 3 aromatic rings. The van der Waals surface area contributed by atoms with E-state index in [9.17, 15) is 13.6 Å². The number of nitrogens with one attached hydrogen (secondary N) is 1. The van der Waals surface area contributed by atoms with Crippen LogP contribution in [-0.2, 0) is 4.79 Å². The fourth-order valence-corrected chi connectivity index (χ4v) is 5.23. The maximum atomic E-state index is 13.3. The maximum absolute atomic E-state index is 13.3. The summed E-state index contributed by atoms with van der Waals surface area (Å²) in [6, 6.07) is 9.47. The average Bonchev–Trinajstić information content (AvgIpc) is 3.66. The molecular formula is C26H30F2N6O2. The second kappa shape index (κ2) is 9.57. The van der Waals surface area contributed by atoms with Crippen LogP contribution in [0.1, 0.15) is 12.8 Å². The highest BCUT2D eigenvalue weighted by Crippen LogP contribution is 2.37. The second-order valence-corrected chi connectivity index (χ2v) is 9.66. The summed E-state index contributed by atoms with van der Waals surface area (Å²) in [4.78, 5) is 18.8. The molecule has 190 valence electrons. The molecule has 2 saturated heterocycles. The lowest BCUT2D eigenvalue weighted by atomic mass is 10.1. The normalized spacial score (nSPS) is 18.8. The van der Waals surface area contributed by atoms with Gasteiger partial charge in [-0.1, -0.05) is 0 Å². The van der Waals surface area contributed by atoms with E-state index in [4.69, 9.17) is 4.74 Å². The number of hydrogen-bond acceptors (Lipinski definition) is 6. The number of carbonyl (C=O) groups is 1. The van der Waals surface area contributed by atoms with E-state index in [0.717, 1.165) is 74.6 Å². The van der Waals surface area contributed by atoms with Crippen molar-refractivity contribution in [2.45, 2.75) is 19.5 Å². The van der Waals surface area contributed by atoms with Crippen molar-refractivity contribution >= 4 is 22.8 Å². The lowest BCUT2D eigenvalue weighted by Gasteiger charge is -2.36. The Kier molecular flexibility index (Phi) is 6.12. The van der Waals surface area contributed by atoms with Gasteiger partial charge in [0, 0.05) is 93.6 Å². The van der Waals surface area contributed by atoms with Gasteiger partial charge in [0.25, 0.3) is 0 Å². The predicted molar refractivity (Wildman–Crippen MR) is 134 cm³/mol. The Balaban J connectivity index is 1.28. The van der Waals surface area contributed by atoms with E-state index in [2.05, 4.69) is 20.2 Å². The molecule has 36 heavy (non-hydrogen) atoms. The number of ether oxygens (including phenoxy) is 1. The first-order chi connectivity index (χ1) is 17.6. The van der Waals surface area contributed by atoms with Crippen LogP contribution in [0.5, 0.6) is 5.75 Å².